The molecule has 22 heavy (non-hydrogen) atoms. The van der Waals surface area contributed by atoms with Crippen LogP contribution >= 0.6 is 24.0 Å². The molecule has 0 aliphatic heterocycles. The molecule has 5 heteroatoms. The number of nitrogens with zero attached hydrogens (tertiary/aromatic N) is 2. The van der Waals surface area contributed by atoms with E-state index < -0.39 is 0 Å². The molecule has 0 aromatic heterocycles. The first-order valence-electron chi connectivity index (χ1n) is 7.86. The zero-order chi connectivity index (χ0) is 15.5. The number of hydrogen-bond acceptors (Lipinski definition) is 2. The lowest BCUT2D eigenvalue weighted by Gasteiger charge is -2.08. The summed E-state index contributed by atoms with van der Waals surface area (Å²) in [5.74, 6) is 0.508. The summed E-state index contributed by atoms with van der Waals surface area (Å²) in [7, 11) is 4.25. The van der Waals surface area contributed by atoms with Crippen LogP contribution in [0.15, 0.2) is 29.3 Å². The third-order valence-electron chi connectivity index (χ3n) is 3.34. The van der Waals surface area contributed by atoms with Crippen LogP contribution in [-0.2, 0) is 0 Å². The van der Waals surface area contributed by atoms with E-state index in [1.807, 2.05) is 12.1 Å². The van der Waals surface area contributed by atoms with Crippen molar-refractivity contribution < 1.29 is 0 Å². The van der Waals surface area contributed by atoms with Crippen molar-refractivity contribution in [3.05, 3.63) is 29.8 Å². The molecule has 0 aliphatic carbocycles. The van der Waals surface area contributed by atoms with Gasteiger partial charge in [-0.2, -0.15) is 0 Å². The second-order valence-electron chi connectivity index (χ2n) is 5.83. The SMILES string of the molecule is Cc1cccc(NC(N)=NCCCCCCCN(C)C)c1.I. The van der Waals surface area contributed by atoms with Gasteiger partial charge < -0.3 is 16.0 Å². The summed E-state index contributed by atoms with van der Waals surface area (Å²) in [6.07, 6.45) is 6.22. The number of aliphatic imine (C=N–C) groups is 1. The first-order chi connectivity index (χ1) is 10.1. The second-order valence-corrected chi connectivity index (χ2v) is 5.83. The summed E-state index contributed by atoms with van der Waals surface area (Å²) in [6, 6.07) is 8.14. The zero-order valence-corrected chi connectivity index (χ0v) is 16.5. The Morgan fingerprint density at radius 2 is 1.82 bits per heavy atom. The van der Waals surface area contributed by atoms with E-state index in [4.69, 9.17) is 5.73 Å². The number of hydrogen-bond donors (Lipinski definition) is 2. The topological polar surface area (TPSA) is 53.6 Å². The van der Waals surface area contributed by atoms with Gasteiger partial charge in [0, 0.05) is 12.2 Å². The summed E-state index contributed by atoms with van der Waals surface area (Å²) in [5.41, 5.74) is 8.10. The minimum Gasteiger partial charge on any atom is -0.370 e. The number of unbranched alkanes of at least 4 members (excludes halogenated alkanes) is 4. The van der Waals surface area contributed by atoms with Crippen LogP contribution in [0.4, 0.5) is 5.69 Å². The van der Waals surface area contributed by atoms with Crippen LogP contribution in [0.3, 0.4) is 0 Å². The molecule has 0 atom stereocenters. The molecule has 0 saturated heterocycles. The van der Waals surface area contributed by atoms with Crippen LogP contribution in [0.2, 0.25) is 0 Å². The summed E-state index contributed by atoms with van der Waals surface area (Å²) >= 11 is 0. The lowest BCUT2D eigenvalue weighted by atomic mass is 10.1. The van der Waals surface area contributed by atoms with Crippen LogP contribution in [-0.4, -0.2) is 38.0 Å². The lowest BCUT2D eigenvalue weighted by Crippen LogP contribution is -2.22. The summed E-state index contributed by atoms with van der Waals surface area (Å²) in [6.45, 7) is 4.05. The number of halogens is 1. The number of guanidine groups is 1. The van der Waals surface area contributed by atoms with Gasteiger partial charge in [0.2, 0.25) is 0 Å². The molecular formula is C17H31IN4. The normalized spacial score (nSPS) is 11.4. The zero-order valence-electron chi connectivity index (χ0n) is 14.1. The molecule has 1 rings (SSSR count). The highest BCUT2D eigenvalue weighted by atomic mass is 127. The van der Waals surface area contributed by atoms with Gasteiger partial charge in [-0.1, -0.05) is 31.4 Å². The van der Waals surface area contributed by atoms with Gasteiger partial charge in [-0.05, 0) is 58.1 Å². The molecule has 4 nitrogen and oxygen atoms in total. The van der Waals surface area contributed by atoms with Crippen LogP contribution in [0.25, 0.3) is 0 Å². The van der Waals surface area contributed by atoms with Crippen molar-refractivity contribution in [2.45, 2.75) is 39.0 Å². The van der Waals surface area contributed by atoms with Crippen LogP contribution < -0.4 is 11.1 Å². The van der Waals surface area contributed by atoms with Gasteiger partial charge in [-0.15, -0.1) is 24.0 Å². The Morgan fingerprint density at radius 1 is 1.14 bits per heavy atom. The predicted molar refractivity (Wildman–Crippen MR) is 108 cm³/mol. The molecule has 0 amide bonds. The van der Waals surface area contributed by atoms with Crippen molar-refractivity contribution in [1.82, 2.24) is 4.90 Å². The Balaban J connectivity index is 0.00000441. The fourth-order valence-corrected chi connectivity index (χ4v) is 2.18. The summed E-state index contributed by atoms with van der Waals surface area (Å²) < 4.78 is 0. The summed E-state index contributed by atoms with van der Waals surface area (Å²) in [5, 5.41) is 3.13. The average Bonchev–Trinajstić information content (AvgIpc) is 2.41. The maximum absolute atomic E-state index is 5.88. The van der Waals surface area contributed by atoms with Crippen LogP contribution in [0, 0.1) is 6.92 Å². The number of nitrogens with two attached hydrogens (primary N) is 1. The van der Waals surface area contributed by atoms with E-state index in [2.05, 4.69) is 48.4 Å². The molecule has 0 fully saturated rings. The van der Waals surface area contributed by atoms with Crippen molar-refractivity contribution in [3.8, 4) is 0 Å². The Bertz CT molecular complexity index is 432. The Hall–Kier alpha value is -0.820. The Kier molecular flexibility index (Phi) is 12.2. The van der Waals surface area contributed by atoms with Gasteiger partial charge >= 0.3 is 0 Å². The fraction of sp³-hybridized carbons (Fsp3) is 0.588. The molecule has 0 unspecified atom stereocenters. The molecule has 0 spiro atoms. The molecule has 3 N–H and O–H groups in total. The molecular weight excluding hydrogens is 387 g/mol. The molecule has 1 aromatic carbocycles. The molecule has 0 heterocycles. The number of rotatable bonds is 9. The molecule has 0 bridgehead atoms. The monoisotopic (exact) mass is 418 g/mol. The van der Waals surface area contributed by atoms with E-state index in [1.165, 1.54) is 37.8 Å². The van der Waals surface area contributed by atoms with E-state index in [-0.39, 0.29) is 24.0 Å². The van der Waals surface area contributed by atoms with E-state index in [0.29, 0.717) is 5.96 Å². The Labute approximate surface area is 152 Å². The lowest BCUT2D eigenvalue weighted by molar-refractivity contribution is 0.390. The molecule has 0 saturated carbocycles. The quantitative estimate of drug-likeness (QED) is 0.277. The van der Waals surface area contributed by atoms with Crippen LogP contribution in [0.1, 0.15) is 37.7 Å². The van der Waals surface area contributed by atoms with E-state index in [0.717, 1.165) is 18.7 Å². The Morgan fingerprint density at radius 3 is 2.50 bits per heavy atom. The van der Waals surface area contributed by atoms with Gasteiger partial charge in [0.15, 0.2) is 5.96 Å². The van der Waals surface area contributed by atoms with Gasteiger partial charge in [-0.25, -0.2) is 0 Å². The predicted octanol–water partition coefficient (Wildman–Crippen LogP) is 3.85. The molecule has 126 valence electrons. The van der Waals surface area contributed by atoms with Crippen LogP contribution in [0.5, 0.6) is 0 Å². The standard InChI is InChI=1S/C17H30N4.HI/c1-15-10-9-11-16(14-15)20-17(18)19-12-7-5-4-6-8-13-21(2)3;/h9-11,14H,4-8,12-13H2,1-3H3,(H3,18,19,20);1H. The molecule has 0 radical (unpaired) electrons. The van der Waals surface area contributed by atoms with E-state index in [1.54, 1.807) is 0 Å². The van der Waals surface area contributed by atoms with Crippen molar-refractivity contribution in [2.75, 3.05) is 32.5 Å². The number of anilines is 1. The largest absolute Gasteiger partial charge is 0.370 e. The van der Waals surface area contributed by atoms with E-state index >= 15 is 0 Å². The van der Waals surface area contributed by atoms with Crippen molar-refractivity contribution in [2.24, 2.45) is 10.7 Å². The fourth-order valence-electron chi connectivity index (χ4n) is 2.18. The van der Waals surface area contributed by atoms with Gasteiger partial charge in [0.25, 0.3) is 0 Å². The second kappa shape index (κ2) is 12.7. The van der Waals surface area contributed by atoms with Crippen molar-refractivity contribution >= 4 is 35.6 Å². The highest BCUT2D eigenvalue weighted by Crippen LogP contribution is 2.09. The minimum atomic E-state index is 0. The molecule has 0 aliphatic rings. The maximum atomic E-state index is 5.88. The van der Waals surface area contributed by atoms with Crippen molar-refractivity contribution in [1.29, 1.82) is 0 Å². The van der Waals surface area contributed by atoms with Gasteiger partial charge in [-0.3, -0.25) is 4.99 Å². The highest BCUT2D eigenvalue weighted by Gasteiger charge is 1.96. The smallest absolute Gasteiger partial charge is 0.193 e. The number of aryl methyl sites for hydroxylation is 1. The maximum Gasteiger partial charge on any atom is 0.193 e. The third kappa shape index (κ3) is 10.8. The first kappa shape index (κ1) is 21.2. The average molecular weight is 418 g/mol. The van der Waals surface area contributed by atoms with Crippen molar-refractivity contribution in [3.63, 3.8) is 0 Å². The minimum absolute atomic E-state index is 0. The number of benzene rings is 1. The molecule has 1 aromatic rings. The van der Waals surface area contributed by atoms with Gasteiger partial charge in [0.1, 0.15) is 0 Å². The van der Waals surface area contributed by atoms with E-state index in [9.17, 15) is 0 Å². The third-order valence-corrected chi connectivity index (χ3v) is 3.34. The summed E-state index contributed by atoms with van der Waals surface area (Å²) in [4.78, 5) is 6.61. The number of nitrogens with one attached hydrogen (secondary N) is 1. The first-order valence-corrected chi connectivity index (χ1v) is 7.86. The highest BCUT2D eigenvalue weighted by molar-refractivity contribution is 14.0. The van der Waals surface area contributed by atoms with Gasteiger partial charge in [0.05, 0.1) is 0 Å².